The van der Waals surface area contributed by atoms with Crippen molar-refractivity contribution in [3.63, 3.8) is 0 Å². The Hall–Kier alpha value is -3.16. The fourth-order valence-electron chi connectivity index (χ4n) is 2.43. The van der Waals surface area contributed by atoms with Crippen molar-refractivity contribution in [1.82, 2.24) is 15.2 Å². The minimum absolute atomic E-state index is 0.205. The summed E-state index contributed by atoms with van der Waals surface area (Å²) in [5, 5.41) is 10.7. The molecule has 0 amide bonds. The highest BCUT2D eigenvalue weighted by atomic mass is 19.4. The van der Waals surface area contributed by atoms with Gasteiger partial charge in [0.05, 0.1) is 11.8 Å². The third-order valence-corrected chi connectivity index (χ3v) is 3.68. The van der Waals surface area contributed by atoms with E-state index in [9.17, 15) is 13.2 Å². The maximum absolute atomic E-state index is 12.6. The molecule has 0 aliphatic carbocycles. The maximum Gasteiger partial charge on any atom is 0.416 e. The third kappa shape index (κ3) is 4.08. The number of nitrogens with one attached hydrogen (secondary N) is 1. The summed E-state index contributed by atoms with van der Waals surface area (Å²) in [6.45, 7) is 2.65. The number of rotatable bonds is 5. The van der Waals surface area contributed by atoms with E-state index in [1.807, 2.05) is 42.2 Å². The van der Waals surface area contributed by atoms with Crippen LogP contribution in [-0.4, -0.2) is 21.7 Å². The van der Waals surface area contributed by atoms with Crippen LogP contribution in [-0.2, 0) is 6.18 Å². The Balaban J connectivity index is 1.81. The highest BCUT2D eigenvalue weighted by molar-refractivity contribution is 5.61. The van der Waals surface area contributed by atoms with Crippen molar-refractivity contribution >= 4 is 23.1 Å². The molecule has 0 fully saturated rings. The molecule has 0 saturated carbocycles. The van der Waals surface area contributed by atoms with Crippen LogP contribution >= 0.6 is 0 Å². The largest absolute Gasteiger partial charge is 0.416 e. The molecular weight excluding hydrogens is 343 g/mol. The van der Waals surface area contributed by atoms with E-state index in [1.54, 1.807) is 0 Å². The lowest BCUT2D eigenvalue weighted by Crippen LogP contribution is -2.18. The lowest BCUT2D eigenvalue weighted by atomic mass is 10.2. The first-order chi connectivity index (χ1) is 12.5. The zero-order valence-electron chi connectivity index (χ0n) is 13.9. The molecule has 8 heteroatoms. The fraction of sp³-hybridized carbons (Fsp3) is 0.167. The van der Waals surface area contributed by atoms with E-state index < -0.39 is 11.7 Å². The van der Waals surface area contributed by atoms with Crippen LogP contribution in [0.3, 0.4) is 0 Å². The molecule has 134 valence electrons. The minimum atomic E-state index is -4.37. The number of hydrogen-bond acceptors (Lipinski definition) is 5. The standard InChI is InChI=1S/C18H16F3N5/c1-2-26(15-6-4-3-5-7-15)16-12-22-25-17(24-16)23-14-10-8-13(9-11-14)18(19,20)21/h3-12H,2H2,1H3,(H,23,24,25). The number of halogens is 3. The summed E-state index contributed by atoms with van der Waals surface area (Å²) in [6.07, 6.45) is -2.83. The molecule has 2 aromatic carbocycles. The van der Waals surface area contributed by atoms with E-state index in [-0.39, 0.29) is 5.95 Å². The zero-order chi connectivity index (χ0) is 18.6. The second-order valence-electron chi connectivity index (χ2n) is 5.42. The van der Waals surface area contributed by atoms with Crippen LogP contribution in [0, 0.1) is 0 Å². The topological polar surface area (TPSA) is 53.9 Å². The van der Waals surface area contributed by atoms with Crippen LogP contribution in [0.15, 0.2) is 60.8 Å². The van der Waals surface area contributed by atoms with E-state index >= 15 is 0 Å². The molecule has 1 heterocycles. The van der Waals surface area contributed by atoms with Gasteiger partial charge in [0.15, 0.2) is 5.82 Å². The molecule has 0 aliphatic rings. The van der Waals surface area contributed by atoms with Crippen LogP contribution < -0.4 is 10.2 Å². The SMILES string of the molecule is CCN(c1ccccc1)c1cnnc(Nc2ccc(C(F)(F)F)cc2)n1. The summed E-state index contributed by atoms with van der Waals surface area (Å²) < 4.78 is 37.9. The minimum Gasteiger partial charge on any atom is -0.325 e. The quantitative estimate of drug-likeness (QED) is 0.710. The molecule has 0 spiro atoms. The average molecular weight is 359 g/mol. The van der Waals surface area contributed by atoms with Crippen LogP contribution in [0.4, 0.5) is 36.3 Å². The normalized spacial score (nSPS) is 11.2. The lowest BCUT2D eigenvalue weighted by molar-refractivity contribution is -0.137. The number of benzene rings is 2. The Morgan fingerprint density at radius 3 is 2.31 bits per heavy atom. The van der Waals surface area contributed by atoms with E-state index in [0.29, 0.717) is 18.1 Å². The van der Waals surface area contributed by atoms with Gasteiger partial charge in [-0.15, -0.1) is 5.10 Å². The number of para-hydroxylation sites is 1. The molecule has 3 aromatic rings. The molecule has 26 heavy (non-hydrogen) atoms. The number of alkyl halides is 3. The summed E-state index contributed by atoms with van der Waals surface area (Å²) >= 11 is 0. The number of anilines is 4. The van der Waals surface area contributed by atoms with Crippen molar-refractivity contribution in [2.75, 3.05) is 16.8 Å². The van der Waals surface area contributed by atoms with Gasteiger partial charge in [0.2, 0.25) is 5.95 Å². The van der Waals surface area contributed by atoms with Gasteiger partial charge in [-0.25, -0.2) is 0 Å². The van der Waals surface area contributed by atoms with Gasteiger partial charge in [0, 0.05) is 17.9 Å². The average Bonchev–Trinajstić information content (AvgIpc) is 2.63. The van der Waals surface area contributed by atoms with Gasteiger partial charge in [-0.1, -0.05) is 18.2 Å². The summed E-state index contributed by atoms with van der Waals surface area (Å²) in [5.74, 6) is 0.791. The Labute approximate surface area is 148 Å². The molecular formula is C18H16F3N5. The number of hydrogen-bond donors (Lipinski definition) is 1. The first kappa shape index (κ1) is 17.7. The summed E-state index contributed by atoms with van der Waals surface area (Å²) in [5.41, 5.74) is 0.688. The summed E-state index contributed by atoms with van der Waals surface area (Å²) in [6, 6.07) is 14.3. The Morgan fingerprint density at radius 1 is 1.00 bits per heavy atom. The molecule has 0 radical (unpaired) electrons. The first-order valence-electron chi connectivity index (χ1n) is 7.94. The van der Waals surface area contributed by atoms with Crippen LogP contribution in [0.25, 0.3) is 0 Å². The van der Waals surface area contributed by atoms with Crippen molar-refractivity contribution < 1.29 is 13.2 Å². The van der Waals surface area contributed by atoms with E-state index in [4.69, 9.17) is 0 Å². The van der Waals surface area contributed by atoms with Crippen LogP contribution in [0.2, 0.25) is 0 Å². The molecule has 3 rings (SSSR count). The zero-order valence-corrected chi connectivity index (χ0v) is 13.9. The Bertz CT molecular complexity index is 851. The maximum atomic E-state index is 12.6. The second kappa shape index (κ2) is 7.38. The van der Waals surface area contributed by atoms with Crippen molar-refractivity contribution in [3.8, 4) is 0 Å². The molecule has 1 N–H and O–H groups in total. The van der Waals surface area contributed by atoms with Gasteiger partial charge in [-0.05, 0) is 43.3 Å². The van der Waals surface area contributed by atoms with Crippen LogP contribution in [0.1, 0.15) is 12.5 Å². The predicted molar refractivity (Wildman–Crippen MR) is 93.7 cm³/mol. The molecule has 1 aromatic heterocycles. The van der Waals surface area contributed by atoms with Gasteiger partial charge < -0.3 is 10.2 Å². The molecule has 0 unspecified atom stereocenters. The monoisotopic (exact) mass is 359 g/mol. The van der Waals surface area contributed by atoms with E-state index in [1.165, 1.54) is 18.3 Å². The first-order valence-corrected chi connectivity index (χ1v) is 7.94. The van der Waals surface area contributed by atoms with Gasteiger partial charge >= 0.3 is 6.18 Å². The van der Waals surface area contributed by atoms with Gasteiger partial charge in [0.25, 0.3) is 0 Å². The van der Waals surface area contributed by atoms with Crippen LogP contribution in [0.5, 0.6) is 0 Å². The highest BCUT2D eigenvalue weighted by Gasteiger charge is 2.29. The molecule has 0 bridgehead atoms. The lowest BCUT2D eigenvalue weighted by Gasteiger charge is -2.21. The molecule has 0 aliphatic heterocycles. The van der Waals surface area contributed by atoms with E-state index in [2.05, 4.69) is 20.5 Å². The van der Waals surface area contributed by atoms with Gasteiger partial charge in [0.1, 0.15) is 0 Å². The van der Waals surface area contributed by atoms with Crippen molar-refractivity contribution in [3.05, 3.63) is 66.4 Å². The summed E-state index contributed by atoms with van der Waals surface area (Å²) in [7, 11) is 0. The molecule has 0 saturated heterocycles. The van der Waals surface area contributed by atoms with Crippen molar-refractivity contribution in [2.24, 2.45) is 0 Å². The molecule has 5 nitrogen and oxygen atoms in total. The van der Waals surface area contributed by atoms with Crippen molar-refractivity contribution in [1.29, 1.82) is 0 Å². The third-order valence-electron chi connectivity index (χ3n) is 3.68. The van der Waals surface area contributed by atoms with Gasteiger partial charge in [-0.3, -0.25) is 0 Å². The number of nitrogens with zero attached hydrogens (tertiary/aromatic N) is 4. The van der Waals surface area contributed by atoms with E-state index in [0.717, 1.165) is 17.8 Å². The van der Waals surface area contributed by atoms with Crippen molar-refractivity contribution in [2.45, 2.75) is 13.1 Å². The number of aromatic nitrogens is 3. The second-order valence-corrected chi connectivity index (χ2v) is 5.42. The smallest absolute Gasteiger partial charge is 0.325 e. The summed E-state index contributed by atoms with van der Waals surface area (Å²) in [4.78, 5) is 6.36. The Kier molecular flexibility index (Phi) is 5.01. The molecule has 0 atom stereocenters. The predicted octanol–water partition coefficient (Wildman–Crippen LogP) is 4.79. The Morgan fingerprint density at radius 2 is 1.69 bits per heavy atom. The highest BCUT2D eigenvalue weighted by Crippen LogP contribution is 2.30. The van der Waals surface area contributed by atoms with Gasteiger partial charge in [-0.2, -0.15) is 23.3 Å². The fourth-order valence-corrected chi connectivity index (χ4v) is 2.43.